The zero-order valence-electron chi connectivity index (χ0n) is 14.3. The number of ether oxygens (including phenoxy) is 2. The molecule has 0 radical (unpaired) electrons. The van der Waals surface area contributed by atoms with Gasteiger partial charge in [-0.3, -0.25) is 4.99 Å². The van der Waals surface area contributed by atoms with E-state index >= 15 is 0 Å². The first-order valence-corrected chi connectivity index (χ1v) is 8.60. The predicted molar refractivity (Wildman–Crippen MR) is 104 cm³/mol. The van der Waals surface area contributed by atoms with Crippen molar-refractivity contribution in [2.45, 2.75) is 44.8 Å². The average molecular weight is 400 g/mol. The molecule has 1 saturated carbocycles. The zero-order valence-corrected chi connectivity index (χ0v) is 16.0. The molecule has 0 spiro atoms. The normalized spacial score (nSPS) is 15.2. The summed E-state index contributed by atoms with van der Waals surface area (Å²) in [5, 5.41) is 3.28. The maximum Gasteiger partial charge on any atom is 0.188 e. The molecule has 0 saturated heterocycles. The minimum Gasteiger partial charge on any atom is -0.379 e. The number of aliphatic imine (C=N–C) groups is 1. The van der Waals surface area contributed by atoms with Gasteiger partial charge in [-0.1, -0.05) is 43.2 Å². The van der Waals surface area contributed by atoms with Gasteiger partial charge in [0.05, 0.1) is 19.8 Å². The Kier molecular flexibility index (Phi) is 11.5. The van der Waals surface area contributed by atoms with E-state index in [1.807, 2.05) is 18.2 Å². The van der Waals surface area contributed by atoms with Crippen molar-refractivity contribution in [2.24, 2.45) is 10.7 Å². The van der Waals surface area contributed by atoms with E-state index in [2.05, 4.69) is 22.4 Å². The quantitative estimate of drug-likeness (QED) is 0.360. The molecule has 0 aromatic heterocycles. The van der Waals surface area contributed by atoms with Gasteiger partial charge >= 0.3 is 0 Å². The first-order valence-electron chi connectivity index (χ1n) is 8.60. The molecule has 1 aromatic rings. The van der Waals surface area contributed by atoms with Crippen LogP contribution in [0.1, 0.15) is 37.7 Å². The summed E-state index contributed by atoms with van der Waals surface area (Å²) in [6.07, 6.45) is 5.90. The summed E-state index contributed by atoms with van der Waals surface area (Å²) in [6.45, 7) is 3.26. The Bertz CT molecular complexity index is 451. The minimum absolute atomic E-state index is 0. The Balaban J connectivity index is 0.00000288. The molecule has 1 aliphatic carbocycles. The van der Waals surface area contributed by atoms with Gasteiger partial charge in [-0.05, 0) is 24.8 Å². The third kappa shape index (κ3) is 9.25. The first kappa shape index (κ1) is 20.9. The molecule has 136 valence electrons. The summed E-state index contributed by atoms with van der Waals surface area (Å²) in [5.41, 5.74) is 7.05. The molecule has 0 unspecified atom stereocenters. The molecule has 0 bridgehead atoms. The zero-order chi connectivity index (χ0) is 16.2. The van der Waals surface area contributed by atoms with Crippen LogP contribution in [0.4, 0.5) is 0 Å². The Morgan fingerprint density at radius 2 is 1.79 bits per heavy atom. The van der Waals surface area contributed by atoms with Crippen LogP contribution in [0, 0.1) is 0 Å². The third-order valence-electron chi connectivity index (χ3n) is 3.92. The molecule has 0 aliphatic heterocycles. The second-order valence-electron chi connectivity index (χ2n) is 5.90. The number of guanidine groups is 1. The average Bonchev–Trinajstić information content (AvgIpc) is 3.07. The molecule has 1 aliphatic rings. The van der Waals surface area contributed by atoms with Crippen LogP contribution in [0.3, 0.4) is 0 Å². The molecular formula is C18H30BrN3O2. The van der Waals surface area contributed by atoms with E-state index in [1.165, 1.54) is 31.2 Å². The summed E-state index contributed by atoms with van der Waals surface area (Å²) >= 11 is 0. The fourth-order valence-corrected chi connectivity index (χ4v) is 2.68. The molecule has 0 heterocycles. The summed E-state index contributed by atoms with van der Waals surface area (Å²) < 4.78 is 11.1. The maximum absolute atomic E-state index is 5.87. The second kappa shape index (κ2) is 13.2. The van der Waals surface area contributed by atoms with Gasteiger partial charge in [-0.25, -0.2) is 0 Å². The van der Waals surface area contributed by atoms with Gasteiger partial charge in [0.2, 0.25) is 0 Å². The number of halogens is 1. The largest absolute Gasteiger partial charge is 0.379 e. The van der Waals surface area contributed by atoms with Crippen molar-refractivity contribution in [3.8, 4) is 0 Å². The highest BCUT2D eigenvalue weighted by Gasteiger charge is 2.14. The maximum atomic E-state index is 5.87. The highest BCUT2D eigenvalue weighted by molar-refractivity contribution is 8.93. The predicted octanol–water partition coefficient (Wildman–Crippen LogP) is 3.03. The minimum atomic E-state index is 0. The smallest absolute Gasteiger partial charge is 0.188 e. The van der Waals surface area contributed by atoms with E-state index in [0.29, 0.717) is 45.0 Å². The molecule has 0 amide bonds. The lowest BCUT2D eigenvalue weighted by Crippen LogP contribution is -2.38. The van der Waals surface area contributed by atoms with Gasteiger partial charge in [0, 0.05) is 19.2 Å². The Morgan fingerprint density at radius 3 is 2.54 bits per heavy atom. The molecular weight excluding hydrogens is 370 g/mol. The lowest BCUT2D eigenvalue weighted by Gasteiger charge is -2.12. The van der Waals surface area contributed by atoms with Crippen LogP contribution in [0.2, 0.25) is 0 Å². The van der Waals surface area contributed by atoms with Gasteiger partial charge in [-0.15, -0.1) is 17.0 Å². The van der Waals surface area contributed by atoms with Gasteiger partial charge in [-0.2, -0.15) is 0 Å². The molecule has 3 N–H and O–H groups in total. The van der Waals surface area contributed by atoms with Crippen molar-refractivity contribution < 1.29 is 9.47 Å². The number of benzene rings is 1. The van der Waals surface area contributed by atoms with Crippen molar-refractivity contribution in [2.75, 3.05) is 26.4 Å². The number of nitrogens with one attached hydrogen (secondary N) is 1. The highest BCUT2D eigenvalue weighted by atomic mass is 79.9. The summed E-state index contributed by atoms with van der Waals surface area (Å²) in [5.74, 6) is 0.572. The third-order valence-corrected chi connectivity index (χ3v) is 3.92. The van der Waals surface area contributed by atoms with Crippen LogP contribution in [-0.2, 0) is 16.1 Å². The van der Waals surface area contributed by atoms with E-state index in [9.17, 15) is 0 Å². The standard InChI is InChI=1S/C18H29N3O2.BrH/c19-18(21-17-9-4-5-10-17)20-11-6-12-22-13-14-23-15-16-7-2-1-3-8-16;/h1-3,7-8,17H,4-6,9-15H2,(H3,19,20,21);1H. The van der Waals surface area contributed by atoms with Gasteiger partial charge in [0.15, 0.2) is 5.96 Å². The number of hydrogen-bond donors (Lipinski definition) is 2. The number of hydrogen-bond acceptors (Lipinski definition) is 3. The van der Waals surface area contributed by atoms with Crippen LogP contribution >= 0.6 is 17.0 Å². The fourth-order valence-electron chi connectivity index (χ4n) is 2.68. The summed E-state index contributed by atoms with van der Waals surface area (Å²) in [4.78, 5) is 4.33. The van der Waals surface area contributed by atoms with Crippen LogP contribution in [0.5, 0.6) is 0 Å². The topological polar surface area (TPSA) is 68.9 Å². The highest BCUT2D eigenvalue weighted by Crippen LogP contribution is 2.17. The Hall–Kier alpha value is -1.11. The summed E-state index contributed by atoms with van der Waals surface area (Å²) in [7, 11) is 0. The lowest BCUT2D eigenvalue weighted by molar-refractivity contribution is 0.0403. The van der Waals surface area contributed by atoms with E-state index in [1.54, 1.807) is 0 Å². The van der Waals surface area contributed by atoms with Gasteiger partial charge < -0.3 is 20.5 Å². The van der Waals surface area contributed by atoms with Crippen LogP contribution in [-0.4, -0.2) is 38.4 Å². The molecule has 0 atom stereocenters. The summed E-state index contributed by atoms with van der Waals surface area (Å²) in [6, 6.07) is 10.7. The lowest BCUT2D eigenvalue weighted by atomic mass is 10.2. The van der Waals surface area contributed by atoms with Gasteiger partial charge in [0.25, 0.3) is 0 Å². The molecule has 2 rings (SSSR count). The SMILES string of the molecule is Br.NC(=NCCCOCCOCc1ccccc1)NC1CCCC1. The van der Waals surface area contributed by atoms with Crippen molar-refractivity contribution in [3.05, 3.63) is 35.9 Å². The van der Waals surface area contributed by atoms with E-state index in [0.717, 1.165) is 6.42 Å². The molecule has 5 nitrogen and oxygen atoms in total. The van der Waals surface area contributed by atoms with Crippen LogP contribution in [0.25, 0.3) is 0 Å². The number of rotatable bonds is 10. The number of nitrogens with zero attached hydrogens (tertiary/aromatic N) is 1. The van der Waals surface area contributed by atoms with Gasteiger partial charge in [0.1, 0.15) is 0 Å². The fraction of sp³-hybridized carbons (Fsp3) is 0.611. The van der Waals surface area contributed by atoms with Crippen molar-refractivity contribution >= 4 is 22.9 Å². The number of nitrogens with two attached hydrogens (primary N) is 1. The Labute approximate surface area is 155 Å². The van der Waals surface area contributed by atoms with E-state index in [4.69, 9.17) is 15.2 Å². The van der Waals surface area contributed by atoms with Crippen LogP contribution in [0.15, 0.2) is 35.3 Å². The van der Waals surface area contributed by atoms with Crippen molar-refractivity contribution in [1.82, 2.24) is 5.32 Å². The first-order chi connectivity index (χ1) is 11.3. The van der Waals surface area contributed by atoms with Crippen LogP contribution < -0.4 is 11.1 Å². The van der Waals surface area contributed by atoms with Crippen molar-refractivity contribution in [3.63, 3.8) is 0 Å². The molecule has 6 heteroatoms. The monoisotopic (exact) mass is 399 g/mol. The second-order valence-corrected chi connectivity index (χ2v) is 5.90. The Morgan fingerprint density at radius 1 is 1.08 bits per heavy atom. The molecule has 1 aromatic carbocycles. The van der Waals surface area contributed by atoms with Crippen molar-refractivity contribution in [1.29, 1.82) is 0 Å². The van der Waals surface area contributed by atoms with E-state index < -0.39 is 0 Å². The molecule has 24 heavy (non-hydrogen) atoms. The van der Waals surface area contributed by atoms with E-state index in [-0.39, 0.29) is 17.0 Å². The molecule has 1 fully saturated rings.